The van der Waals surface area contributed by atoms with Gasteiger partial charge in [0.25, 0.3) is 0 Å². The molecule has 1 aromatic rings. The van der Waals surface area contributed by atoms with Gasteiger partial charge in [0.2, 0.25) is 5.91 Å². The van der Waals surface area contributed by atoms with Gasteiger partial charge in [-0.05, 0) is 37.1 Å². The van der Waals surface area contributed by atoms with E-state index >= 15 is 0 Å². The zero-order valence-electron chi connectivity index (χ0n) is 13.1. The second kappa shape index (κ2) is 9.30. The average Bonchev–Trinajstić information content (AvgIpc) is 2.99. The molecule has 1 atom stereocenters. The Hall–Kier alpha value is -1.05. The summed E-state index contributed by atoms with van der Waals surface area (Å²) >= 11 is 1.72. The van der Waals surface area contributed by atoms with Crippen LogP contribution in [0.4, 0.5) is 0 Å². The standard InChI is InChI=1S/C16H23NO4S2/c18-16(13-23(19,20)12-14-6-4-10-21-14)17-9-5-11-22-15-7-2-1-3-8-15/h1-3,7-8,14H,4-6,9-13H2,(H,17,18)/t14-/m0/s1. The topological polar surface area (TPSA) is 72.5 Å². The Morgan fingerprint density at radius 2 is 2.09 bits per heavy atom. The van der Waals surface area contributed by atoms with Crippen LogP contribution < -0.4 is 5.32 Å². The molecule has 0 aromatic heterocycles. The van der Waals surface area contributed by atoms with Crippen molar-refractivity contribution in [2.24, 2.45) is 0 Å². The molecule has 0 bridgehead atoms. The highest BCUT2D eigenvalue weighted by molar-refractivity contribution is 7.99. The number of amides is 1. The Kier molecular flexibility index (Phi) is 7.39. The zero-order valence-corrected chi connectivity index (χ0v) is 14.7. The highest BCUT2D eigenvalue weighted by atomic mass is 32.2. The largest absolute Gasteiger partial charge is 0.377 e. The van der Waals surface area contributed by atoms with Gasteiger partial charge >= 0.3 is 0 Å². The van der Waals surface area contributed by atoms with Crippen LogP contribution >= 0.6 is 11.8 Å². The normalized spacial score (nSPS) is 18.0. The number of sulfone groups is 1. The van der Waals surface area contributed by atoms with Crippen molar-refractivity contribution < 1.29 is 17.9 Å². The number of nitrogens with one attached hydrogen (secondary N) is 1. The lowest BCUT2D eigenvalue weighted by Gasteiger charge is -2.10. The van der Waals surface area contributed by atoms with Crippen molar-refractivity contribution in [3.05, 3.63) is 30.3 Å². The van der Waals surface area contributed by atoms with Gasteiger partial charge in [0.1, 0.15) is 5.75 Å². The molecular weight excluding hydrogens is 334 g/mol. The Labute approximate surface area is 142 Å². The van der Waals surface area contributed by atoms with Gasteiger partial charge in [0.15, 0.2) is 9.84 Å². The third-order valence-electron chi connectivity index (χ3n) is 3.47. The summed E-state index contributed by atoms with van der Waals surface area (Å²) < 4.78 is 29.2. The van der Waals surface area contributed by atoms with E-state index in [0.29, 0.717) is 13.2 Å². The molecule has 1 amide bonds. The molecule has 1 aliphatic heterocycles. The number of carbonyl (C=O) groups excluding carboxylic acids is 1. The molecule has 23 heavy (non-hydrogen) atoms. The van der Waals surface area contributed by atoms with Gasteiger partial charge in [-0.25, -0.2) is 8.42 Å². The summed E-state index contributed by atoms with van der Waals surface area (Å²) in [5.41, 5.74) is 0. The zero-order chi connectivity index (χ0) is 16.5. The predicted molar refractivity (Wildman–Crippen MR) is 92.4 cm³/mol. The molecule has 1 fully saturated rings. The molecule has 5 nitrogen and oxygen atoms in total. The van der Waals surface area contributed by atoms with Crippen LogP contribution in [0.2, 0.25) is 0 Å². The van der Waals surface area contributed by atoms with Crippen LogP contribution in [0, 0.1) is 0 Å². The lowest BCUT2D eigenvalue weighted by molar-refractivity contribution is -0.118. The number of ether oxygens (including phenoxy) is 1. The Morgan fingerprint density at radius 3 is 2.78 bits per heavy atom. The first-order valence-electron chi connectivity index (χ1n) is 7.82. The molecular formula is C16H23NO4S2. The summed E-state index contributed by atoms with van der Waals surface area (Å²) in [6.45, 7) is 1.11. The summed E-state index contributed by atoms with van der Waals surface area (Å²) in [6.07, 6.45) is 2.22. The van der Waals surface area contributed by atoms with Crippen LogP contribution in [0.25, 0.3) is 0 Å². The quantitative estimate of drug-likeness (QED) is 0.540. The van der Waals surface area contributed by atoms with E-state index < -0.39 is 21.5 Å². The number of carbonyl (C=O) groups is 1. The fraction of sp³-hybridized carbons (Fsp3) is 0.562. The number of benzene rings is 1. The van der Waals surface area contributed by atoms with Gasteiger partial charge in [0.05, 0.1) is 11.9 Å². The monoisotopic (exact) mass is 357 g/mol. The van der Waals surface area contributed by atoms with Gasteiger partial charge in [-0.15, -0.1) is 11.8 Å². The molecule has 2 rings (SSSR count). The molecule has 0 unspecified atom stereocenters. The van der Waals surface area contributed by atoms with Crippen LogP contribution in [-0.2, 0) is 19.4 Å². The van der Waals surface area contributed by atoms with Crippen LogP contribution in [0.15, 0.2) is 35.2 Å². The molecule has 1 aromatic carbocycles. The Balaban J connectivity index is 1.59. The molecule has 1 aliphatic rings. The van der Waals surface area contributed by atoms with Gasteiger partial charge in [-0.1, -0.05) is 18.2 Å². The van der Waals surface area contributed by atoms with E-state index in [1.54, 1.807) is 11.8 Å². The maximum Gasteiger partial charge on any atom is 0.235 e. The molecule has 0 radical (unpaired) electrons. The van der Waals surface area contributed by atoms with Gasteiger partial charge in [-0.2, -0.15) is 0 Å². The van der Waals surface area contributed by atoms with E-state index in [1.165, 1.54) is 4.90 Å². The molecule has 0 spiro atoms. The van der Waals surface area contributed by atoms with Crippen molar-refractivity contribution >= 4 is 27.5 Å². The summed E-state index contributed by atoms with van der Waals surface area (Å²) in [4.78, 5) is 12.9. The Bertz CT molecular complexity index is 583. The number of hydrogen-bond acceptors (Lipinski definition) is 5. The molecule has 1 N–H and O–H groups in total. The van der Waals surface area contributed by atoms with E-state index in [-0.39, 0.29) is 11.9 Å². The highest BCUT2D eigenvalue weighted by Crippen LogP contribution is 2.17. The van der Waals surface area contributed by atoms with Gasteiger partial charge < -0.3 is 10.1 Å². The number of thioether (sulfide) groups is 1. The fourth-order valence-electron chi connectivity index (χ4n) is 2.38. The Morgan fingerprint density at radius 1 is 1.30 bits per heavy atom. The first kappa shape index (κ1) is 18.3. The van der Waals surface area contributed by atoms with E-state index in [9.17, 15) is 13.2 Å². The minimum absolute atomic E-state index is 0.0513. The van der Waals surface area contributed by atoms with Crippen molar-refractivity contribution in [1.82, 2.24) is 5.32 Å². The van der Waals surface area contributed by atoms with E-state index in [0.717, 1.165) is 25.0 Å². The lowest BCUT2D eigenvalue weighted by atomic mass is 10.3. The SMILES string of the molecule is O=C(CS(=O)(=O)C[C@@H]1CCCO1)NCCCSc1ccccc1. The highest BCUT2D eigenvalue weighted by Gasteiger charge is 2.25. The first-order valence-corrected chi connectivity index (χ1v) is 10.6. The number of rotatable bonds is 9. The second-order valence-corrected chi connectivity index (χ2v) is 8.83. The van der Waals surface area contributed by atoms with Gasteiger partial charge in [-0.3, -0.25) is 4.79 Å². The number of hydrogen-bond donors (Lipinski definition) is 1. The molecule has 0 saturated carbocycles. The van der Waals surface area contributed by atoms with E-state index in [4.69, 9.17) is 4.74 Å². The lowest BCUT2D eigenvalue weighted by Crippen LogP contribution is -2.34. The second-order valence-electron chi connectivity index (χ2n) is 5.55. The van der Waals surface area contributed by atoms with Crippen molar-refractivity contribution in [3.8, 4) is 0 Å². The maximum absolute atomic E-state index is 11.9. The van der Waals surface area contributed by atoms with E-state index in [2.05, 4.69) is 5.32 Å². The maximum atomic E-state index is 11.9. The molecule has 128 valence electrons. The van der Waals surface area contributed by atoms with Gasteiger partial charge in [0, 0.05) is 18.0 Å². The third-order valence-corrected chi connectivity index (χ3v) is 6.15. The minimum atomic E-state index is -3.39. The van der Waals surface area contributed by atoms with Crippen molar-refractivity contribution in [2.45, 2.75) is 30.3 Å². The summed E-state index contributed by atoms with van der Waals surface area (Å²) in [7, 11) is -3.39. The van der Waals surface area contributed by atoms with Crippen molar-refractivity contribution in [1.29, 1.82) is 0 Å². The molecule has 0 aliphatic carbocycles. The third kappa shape index (κ3) is 7.37. The summed E-state index contributed by atoms with van der Waals surface area (Å²) in [5.74, 6) is -0.0386. The average molecular weight is 357 g/mol. The smallest absolute Gasteiger partial charge is 0.235 e. The van der Waals surface area contributed by atoms with Crippen LogP contribution in [-0.4, -0.2) is 50.8 Å². The summed E-state index contributed by atoms with van der Waals surface area (Å²) in [5, 5.41) is 2.68. The molecule has 1 heterocycles. The predicted octanol–water partition coefficient (Wildman–Crippen LogP) is 1.88. The molecule has 7 heteroatoms. The fourth-order valence-corrected chi connectivity index (χ4v) is 4.70. The molecule has 1 saturated heterocycles. The van der Waals surface area contributed by atoms with Crippen molar-refractivity contribution in [3.63, 3.8) is 0 Å². The van der Waals surface area contributed by atoms with Crippen molar-refractivity contribution in [2.75, 3.05) is 30.4 Å². The first-order chi connectivity index (χ1) is 11.1. The van der Waals surface area contributed by atoms with E-state index in [1.807, 2.05) is 30.3 Å². The van der Waals surface area contributed by atoms with Crippen LogP contribution in [0.5, 0.6) is 0 Å². The van der Waals surface area contributed by atoms with Crippen LogP contribution in [0.3, 0.4) is 0 Å². The van der Waals surface area contributed by atoms with Crippen LogP contribution in [0.1, 0.15) is 19.3 Å². The minimum Gasteiger partial charge on any atom is -0.377 e. The summed E-state index contributed by atoms with van der Waals surface area (Å²) in [6, 6.07) is 10.0.